The molecule has 7 heteroatoms. The predicted molar refractivity (Wildman–Crippen MR) is 70.1 cm³/mol. The molecule has 2 aromatic rings. The van der Waals surface area contributed by atoms with E-state index in [-0.39, 0.29) is 5.69 Å². The molecule has 0 saturated carbocycles. The zero-order chi connectivity index (χ0) is 13.8. The highest BCUT2D eigenvalue weighted by Gasteiger charge is 2.12. The lowest BCUT2D eigenvalue weighted by Crippen LogP contribution is -2.11. The van der Waals surface area contributed by atoms with Crippen LogP contribution in [-0.4, -0.2) is 10.8 Å². The first-order valence-electron chi connectivity index (χ1n) is 5.15. The number of anilines is 1. The first-order chi connectivity index (χ1) is 9.11. The van der Waals surface area contributed by atoms with Gasteiger partial charge < -0.3 is 5.32 Å². The number of non-ortho nitro benzene ring substituents is 1. The summed E-state index contributed by atoms with van der Waals surface area (Å²) in [5.74, 6) is -0.408. The van der Waals surface area contributed by atoms with E-state index in [4.69, 9.17) is 5.26 Å². The zero-order valence-electron chi connectivity index (χ0n) is 9.49. The van der Waals surface area contributed by atoms with Crippen molar-refractivity contribution in [1.82, 2.24) is 0 Å². The Balaban J connectivity index is 2.17. The highest BCUT2D eigenvalue weighted by molar-refractivity contribution is 7.14. The van der Waals surface area contributed by atoms with Gasteiger partial charge in [0.1, 0.15) is 11.1 Å². The van der Waals surface area contributed by atoms with E-state index in [0.717, 1.165) is 0 Å². The fourth-order valence-corrected chi connectivity index (χ4v) is 2.14. The monoisotopic (exact) mass is 273 g/mol. The molecule has 1 amide bonds. The first-order valence-corrected chi connectivity index (χ1v) is 6.03. The SMILES string of the molecule is N#Cc1ccsc1NC(=O)c1ccc([N+](=O)[O-])cc1. The Morgan fingerprint density at radius 2 is 2.00 bits per heavy atom. The highest BCUT2D eigenvalue weighted by Crippen LogP contribution is 2.23. The second-order valence-corrected chi connectivity index (χ2v) is 4.45. The molecule has 1 aromatic carbocycles. The number of nitro benzene ring substituents is 1. The van der Waals surface area contributed by atoms with Crippen molar-refractivity contribution in [2.45, 2.75) is 0 Å². The normalized spacial score (nSPS) is 9.63. The van der Waals surface area contributed by atoms with Gasteiger partial charge in [-0.25, -0.2) is 0 Å². The number of nitriles is 1. The van der Waals surface area contributed by atoms with Crippen LogP contribution in [0.15, 0.2) is 35.7 Å². The number of nitro groups is 1. The van der Waals surface area contributed by atoms with Gasteiger partial charge in [-0.2, -0.15) is 5.26 Å². The van der Waals surface area contributed by atoms with Crippen molar-refractivity contribution in [2.75, 3.05) is 5.32 Å². The van der Waals surface area contributed by atoms with E-state index in [1.54, 1.807) is 11.4 Å². The molecular weight excluding hydrogens is 266 g/mol. The van der Waals surface area contributed by atoms with Crippen LogP contribution in [-0.2, 0) is 0 Å². The second-order valence-electron chi connectivity index (χ2n) is 3.53. The van der Waals surface area contributed by atoms with E-state index in [9.17, 15) is 14.9 Å². The third kappa shape index (κ3) is 2.75. The van der Waals surface area contributed by atoms with Crippen LogP contribution in [0.2, 0.25) is 0 Å². The molecule has 19 heavy (non-hydrogen) atoms. The summed E-state index contributed by atoms with van der Waals surface area (Å²) in [6.07, 6.45) is 0. The fourth-order valence-electron chi connectivity index (χ4n) is 1.40. The van der Waals surface area contributed by atoms with Crippen LogP contribution in [0.1, 0.15) is 15.9 Å². The van der Waals surface area contributed by atoms with Crippen molar-refractivity contribution in [2.24, 2.45) is 0 Å². The smallest absolute Gasteiger partial charge is 0.269 e. The number of hydrogen-bond donors (Lipinski definition) is 1. The van der Waals surface area contributed by atoms with Gasteiger partial charge in [-0.1, -0.05) is 0 Å². The third-order valence-corrected chi connectivity index (χ3v) is 3.18. The molecule has 1 aromatic heterocycles. The Morgan fingerprint density at radius 1 is 1.32 bits per heavy atom. The number of hydrogen-bond acceptors (Lipinski definition) is 5. The summed E-state index contributed by atoms with van der Waals surface area (Å²) in [7, 11) is 0. The van der Waals surface area contributed by atoms with Crippen molar-refractivity contribution < 1.29 is 9.72 Å². The van der Waals surface area contributed by atoms with E-state index in [2.05, 4.69) is 5.32 Å². The Kier molecular flexibility index (Phi) is 3.54. The topological polar surface area (TPSA) is 96.0 Å². The van der Waals surface area contributed by atoms with E-state index in [0.29, 0.717) is 16.1 Å². The lowest BCUT2D eigenvalue weighted by molar-refractivity contribution is -0.384. The lowest BCUT2D eigenvalue weighted by Gasteiger charge is -2.02. The summed E-state index contributed by atoms with van der Waals surface area (Å²) in [5, 5.41) is 24.1. The minimum atomic E-state index is -0.533. The maximum absolute atomic E-state index is 11.9. The van der Waals surface area contributed by atoms with Gasteiger partial charge in [0.05, 0.1) is 10.5 Å². The molecule has 0 fully saturated rings. The van der Waals surface area contributed by atoms with Gasteiger partial charge in [0.15, 0.2) is 0 Å². The van der Waals surface area contributed by atoms with E-state index in [1.807, 2.05) is 6.07 Å². The molecule has 1 N–H and O–H groups in total. The first kappa shape index (κ1) is 12.7. The molecule has 0 radical (unpaired) electrons. The van der Waals surface area contributed by atoms with Crippen molar-refractivity contribution in [3.05, 3.63) is 57.0 Å². The third-order valence-electron chi connectivity index (χ3n) is 2.35. The average molecular weight is 273 g/mol. The van der Waals surface area contributed by atoms with Gasteiger partial charge in [-0.15, -0.1) is 11.3 Å². The van der Waals surface area contributed by atoms with Crippen LogP contribution in [0, 0.1) is 21.4 Å². The number of rotatable bonds is 3. The molecule has 0 saturated heterocycles. The van der Waals surface area contributed by atoms with Crippen LogP contribution >= 0.6 is 11.3 Å². The van der Waals surface area contributed by atoms with Crippen LogP contribution in [0.4, 0.5) is 10.7 Å². The summed E-state index contributed by atoms with van der Waals surface area (Å²) in [5.41, 5.74) is 0.605. The number of nitrogens with one attached hydrogen (secondary N) is 1. The minimum Gasteiger partial charge on any atom is -0.312 e. The lowest BCUT2D eigenvalue weighted by atomic mass is 10.2. The second kappa shape index (κ2) is 5.29. The Bertz CT molecular complexity index is 670. The van der Waals surface area contributed by atoms with Gasteiger partial charge in [-0.05, 0) is 23.6 Å². The molecule has 0 unspecified atom stereocenters. The highest BCUT2D eigenvalue weighted by atomic mass is 32.1. The fraction of sp³-hybridized carbons (Fsp3) is 0. The van der Waals surface area contributed by atoms with Gasteiger partial charge in [0.25, 0.3) is 11.6 Å². The van der Waals surface area contributed by atoms with Crippen LogP contribution < -0.4 is 5.32 Å². The molecule has 0 spiro atoms. The van der Waals surface area contributed by atoms with E-state index in [1.165, 1.54) is 35.6 Å². The molecule has 0 atom stereocenters. The predicted octanol–water partition coefficient (Wildman–Crippen LogP) is 2.78. The van der Waals surface area contributed by atoms with Gasteiger partial charge in [-0.3, -0.25) is 14.9 Å². The molecule has 0 aliphatic heterocycles. The van der Waals surface area contributed by atoms with Gasteiger partial charge in [0, 0.05) is 17.7 Å². The van der Waals surface area contributed by atoms with Crippen LogP contribution in [0.3, 0.4) is 0 Å². The molecule has 2 rings (SSSR count). The molecule has 0 aliphatic carbocycles. The number of carbonyl (C=O) groups excluding carboxylic acids is 1. The van der Waals surface area contributed by atoms with Gasteiger partial charge >= 0.3 is 0 Å². The number of benzene rings is 1. The molecule has 0 aliphatic rings. The zero-order valence-corrected chi connectivity index (χ0v) is 10.3. The van der Waals surface area contributed by atoms with Crippen molar-refractivity contribution in [3.63, 3.8) is 0 Å². The van der Waals surface area contributed by atoms with Crippen molar-refractivity contribution >= 4 is 27.9 Å². The van der Waals surface area contributed by atoms with E-state index < -0.39 is 10.8 Å². The summed E-state index contributed by atoms with van der Waals surface area (Å²) in [6, 6.07) is 8.82. The molecule has 6 nitrogen and oxygen atoms in total. The number of carbonyl (C=O) groups is 1. The Hall–Kier alpha value is -2.72. The number of nitrogens with zero attached hydrogens (tertiary/aromatic N) is 2. The van der Waals surface area contributed by atoms with E-state index >= 15 is 0 Å². The van der Waals surface area contributed by atoms with Crippen LogP contribution in [0.25, 0.3) is 0 Å². The molecule has 1 heterocycles. The summed E-state index contributed by atoms with van der Waals surface area (Å²) in [4.78, 5) is 21.8. The number of amides is 1. The summed E-state index contributed by atoms with van der Waals surface area (Å²) in [6.45, 7) is 0. The Labute approximate surface area is 112 Å². The van der Waals surface area contributed by atoms with Gasteiger partial charge in [0.2, 0.25) is 0 Å². The van der Waals surface area contributed by atoms with Crippen molar-refractivity contribution in [1.29, 1.82) is 5.26 Å². The summed E-state index contributed by atoms with van der Waals surface area (Å²) >= 11 is 1.24. The molecule has 0 bridgehead atoms. The van der Waals surface area contributed by atoms with Crippen molar-refractivity contribution in [3.8, 4) is 6.07 Å². The standard InChI is InChI=1S/C12H7N3O3S/c13-7-9-5-6-19-12(9)14-11(16)8-1-3-10(4-2-8)15(17)18/h1-6H,(H,14,16). The maximum atomic E-state index is 11.9. The molecular formula is C12H7N3O3S. The summed E-state index contributed by atoms with van der Waals surface area (Å²) < 4.78 is 0. The maximum Gasteiger partial charge on any atom is 0.269 e. The largest absolute Gasteiger partial charge is 0.312 e. The average Bonchev–Trinajstić information content (AvgIpc) is 2.86. The number of thiophene rings is 1. The Morgan fingerprint density at radius 3 is 2.58 bits per heavy atom. The minimum absolute atomic E-state index is 0.0783. The molecule has 94 valence electrons. The quantitative estimate of drug-likeness (QED) is 0.686. The van der Waals surface area contributed by atoms with Crippen LogP contribution in [0.5, 0.6) is 0 Å².